The molecule has 1 aliphatic heterocycles. The summed E-state index contributed by atoms with van der Waals surface area (Å²) < 4.78 is -0.938. The summed E-state index contributed by atoms with van der Waals surface area (Å²) >= 11 is 1.39. The molecule has 2 aliphatic carbocycles. The van der Waals surface area contributed by atoms with Crippen molar-refractivity contribution in [3.05, 3.63) is 0 Å². The van der Waals surface area contributed by atoms with E-state index in [2.05, 4.69) is 4.99 Å². The number of hydrogen-bond acceptors (Lipinski definition) is 3. The number of aliphatic imine (C=N–C) groups is 1. The van der Waals surface area contributed by atoms with Crippen molar-refractivity contribution in [1.29, 1.82) is 0 Å². The van der Waals surface area contributed by atoms with E-state index < -0.39 is 4.75 Å². The van der Waals surface area contributed by atoms with Crippen molar-refractivity contribution in [3.63, 3.8) is 0 Å². The Morgan fingerprint density at radius 3 is 2.72 bits per heavy atom. The zero-order valence-corrected chi connectivity index (χ0v) is 11.8. The van der Waals surface area contributed by atoms with Gasteiger partial charge in [0.05, 0.1) is 5.04 Å². The predicted octanol–water partition coefficient (Wildman–Crippen LogP) is 2.83. The van der Waals surface area contributed by atoms with Crippen LogP contribution < -0.4 is 0 Å². The van der Waals surface area contributed by atoms with E-state index in [0.717, 1.165) is 23.3 Å². The van der Waals surface area contributed by atoms with Crippen LogP contribution >= 0.6 is 11.8 Å². The average Bonchev–Trinajstić information content (AvgIpc) is 2.95. The molecule has 1 amide bonds. The van der Waals surface area contributed by atoms with Gasteiger partial charge in [-0.25, -0.2) is 4.99 Å². The fraction of sp³-hybridized carbons (Fsp3) is 0.786. The lowest BCUT2D eigenvalue weighted by atomic mass is 9.87. The van der Waals surface area contributed by atoms with Gasteiger partial charge >= 0.3 is 0 Å². The summed E-state index contributed by atoms with van der Waals surface area (Å²) in [5, 5.41) is 0.898. The van der Waals surface area contributed by atoms with E-state index >= 15 is 0 Å². The Morgan fingerprint density at radius 2 is 2.22 bits per heavy atom. The number of rotatable bonds is 3. The molecule has 0 saturated heterocycles. The zero-order chi connectivity index (χ0) is 12.9. The Balaban J connectivity index is 1.67. The van der Waals surface area contributed by atoms with Crippen LogP contribution in [-0.4, -0.2) is 21.5 Å². The number of carbonyl (C=O) groups excluding carboxylic acids is 2. The average molecular weight is 265 g/mol. The second-order valence-electron chi connectivity index (χ2n) is 6.14. The van der Waals surface area contributed by atoms with Crippen LogP contribution in [0.5, 0.6) is 0 Å². The van der Waals surface area contributed by atoms with Gasteiger partial charge in [-0.2, -0.15) is 0 Å². The van der Waals surface area contributed by atoms with E-state index in [1.807, 2.05) is 0 Å². The van der Waals surface area contributed by atoms with Crippen molar-refractivity contribution in [2.75, 3.05) is 0 Å². The normalized spacial score (nSPS) is 42.4. The summed E-state index contributed by atoms with van der Waals surface area (Å²) in [4.78, 5) is 27.6. The Bertz CT molecular complexity index is 445. The molecule has 1 heterocycles. The minimum Gasteiger partial charge on any atom is -0.298 e. The Labute approximate surface area is 112 Å². The maximum Gasteiger partial charge on any atom is 0.270 e. The van der Waals surface area contributed by atoms with Gasteiger partial charge in [0, 0.05) is 0 Å². The molecular formula is C14H19NO2S. The number of thioether (sulfide) groups is 1. The van der Waals surface area contributed by atoms with Crippen molar-refractivity contribution in [2.24, 2.45) is 22.7 Å². The third-order valence-corrected chi connectivity index (χ3v) is 6.31. The van der Waals surface area contributed by atoms with Gasteiger partial charge in [-0.15, -0.1) is 0 Å². The SMILES string of the molecule is CC(=O)C1(C)SC(C[C@H]2CC3CCC2C3)=NC1=O. The van der Waals surface area contributed by atoms with Gasteiger partial charge in [-0.1, -0.05) is 18.2 Å². The molecule has 0 aromatic carbocycles. The number of amides is 1. The van der Waals surface area contributed by atoms with Crippen molar-refractivity contribution >= 4 is 28.5 Å². The molecule has 0 aromatic heterocycles. The maximum absolute atomic E-state index is 11.9. The van der Waals surface area contributed by atoms with Crippen LogP contribution in [0.4, 0.5) is 0 Å². The van der Waals surface area contributed by atoms with E-state index in [0.29, 0.717) is 5.92 Å². The molecule has 2 saturated carbocycles. The van der Waals surface area contributed by atoms with Gasteiger partial charge in [-0.3, -0.25) is 9.59 Å². The third kappa shape index (κ3) is 1.85. The number of ketones is 1. The molecule has 3 aliphatic rings. The summed E-state index contributed by atoms with van der Waals surface area (Å²) in [6.07, 6.45) is 6.34. The predicted molar refractivity (Wildman–Crippen MR) is 72.7 cm³/mol. The molecule has 3 nitrogen and oxygen atoms in total. The van der Waals surface area contributed by atoms with Crippen molar-refractivity contribution < 1.29 is 9.59 Å². The maximum atomic E-state index is 11.9. The fourth-order valence-electron chi connectivity index (χ4n) is 3.68. The minimum atomic E-state index is -0.938. The van der Waals surface area contributed by atoms with Crippen LogP contribution in [0.3, 0.4) is 0 Å². The van der Waals surface area contributed by atoms with Crippen molar-refractivity contribution in [2.45, 2.75) is 50.7 Å². The number of nitrogens with zero attached hydrogens (tertiary/aromatic N) is 1. The van der Waals surface area contributed by atoms with Crippen molar-refractivity contribution in [3.8, 4) is 0 Å². The number of carbonyl (C=O) groups is 2. The highest BCUT2D eigenvalue weighted by molar-refractivity contribution is 8.16. The van der Waals surface area contributed by atoms with E-state index in [1.165, 1.54) is 44.4 Å². The lowest BCUT2D eigenvalue weighted by molar-refractivity contribution is -0.127. The summed E-state index contributed by atoms with van der Waals surface area (Å²) in [6, 6.07) is 0. The molecule has 4 heteroatoms. The summed E-state index contributed by atoms with van der Waals surface area (Å²) in [5.74, 6) is 2.14. The molecule has 0 radical (unpaired) electrons. The first-order chi connectivity index (χ1) is 8.49. The van der Waals surface area contributed by atoms with E-state index in [9.17, 15) is 9.59 Å². The molecule has 0 aromatic rings. The van der Waals surface area contributed by atoms with Gasteiger partial charge < -0.3 is 0 Å². The summed E-state index contributed by atoms with van der Waals surface area (Å²) in [6.45, 7) is 3.19. The topological polar surface area (TPSA) is 46.5 Å². The first-order valence-electron chi connectivity index (χ1n) is 6.81. The highest BCUT2D eigenvalue weighted by Gasteiger charge is 2.47. The van der Waals surface area contributed by atoms with Gasteiger partial charge in [0.1, 0.15) is 0 Å². The van der Waals surface area contributed by atoms with Crippen LogP contribution in [0, 0.1) is 17.8 Å². The molecule has 0 spiro atoms. The standard InChI is InChI=1S/C14H19NO2S/c1-8(16)14(2)13(17)15-12(18-14)7-11-6-9-3-4-10(11)5-9/h9-11H,3-7H2,1-2H3/t9?,10?,11-,14?/m1/s1. The van der Waals surface area contributed by atoms with E-state index in [-0.39, 0.29) is 11.7 Å². The van der Waals surface area contributed by atoms with Crippen LogP contribution in [-0.2, 0) is 9.59 Å². The second-order valence-corrected chi connectivity index (χ2v) is 7.63. The number of Topliss-reactive ketones (excluding diaryl/α,β-unsaturated/α-hetero) is 1. The Morgan fingerprint density at radius 1 is 1.44 bits per heavy atom. The Kier molecular flexibility index (Phi) is 2.88. The van der Waals surface area contributed by atoms with E-state index in [1.54, 1.807) is 6.92 Å². The van der Waals surface area contributed by atoms with Gasteiger partial charge in [0.25, 0.3) is 5.91 Å². The van der Waals surface area contributed by atoms with Gasteiger partial charge in [0.15, 0.2) is 10.5 Å². The highest BCUT2D eigenvalue weighted by Crippen LogP contribution is 2.51. The molecule has 18 heavy (non-hydrogen) atoms. The number of fused-ring (bicyclic) bond motifs is 2. The first-order valence-corrected chi connectivity index (χ1v) is 7.62. The minimum absolute atomic E-state index is 0.0795. The molecule has 0 N–H and O–H groups in total. The quantitative estimate of drug-likeness (QED) is 0.737. The fourth-order valence-corrected chi connectivity index (χ4v) is 4.86. The van der Waals surface area contributed by atoms with Gasteiger partial charge in [0.2, 0.25) is 0 Å². The smallest absolute Gasteiger partial charge is 0.270 e. The van der Waals surface area contributed by atoms with E-state index in [4.69, 9.17) is 0 Å². The molecule has 98 valence electrons. The van der Waals surface area contributed by atoms with Crippen LogP contribution in [0.25, 0.3) is 0 Å². The lowest BCUT2D eigenvalue weighted by Gasteiger charge is -2.22. The molecular weight excluding hydrogens is 246 g/mol. The van der Waals surface area contributed by atoms with Crippen LogP contribution in [0.2, 0.25) is 0 Å². The Hall–Kier alpha value is -0.640. The summed E-state index contributed by atoms with van der Waals surface area (Å²) in [7, 11) is 0. The molecule has 3 unspecified atom stereocenters. The first kappa shape index (κ1) is 12.4. The number of hydrogen-bond donors (Lipinski definition) is 0. The molecule has 3 rings (SSSR count). The van der Waals surface area contributed by atoms with Gasteiger partial charge in [-0.05, 0) is 57.3 Å². The zero-order valence-electron chi connectivity index (χ0n) is 10.9. The second kappa shape index (κ2) is 4.19. The molecule has 2 fully saturated rings. The monoisotopic (exact) mass is 265 g/mol. The highest BCUT2D eigenvalue weighted by atomic mass is 32.2. The summed E-state index contributed by atoms with van der Waals surface area (Å²) in [5.41, 5.74) is 0. The van der Waals surface area contributed by atoms with Crippen LogP contribution in [0.15, 0.2) is 4.99 Å². The lowest BCUT2D eigenvalue weighted by Crippen LogP contribution is -2.35. The van der Waals surface area contributed by atoms with Crippen molar-refractivity contribution in [1.82, 2.24) is 0 Å². The molecule has 4 atom stereocenters. The molecule has 2 bridgehead atoms. The third-order valence-electron chi connectivity index (χ3n) is 4.95. The van der Waals surface area contributed by atoms with Crippen LogP contribution in [0.1, 0.15) is 46.0 Å². The largest absolute Gasteiger partial charge is 0.298 e.